The average Bonchev–Trinajstić information content (AvgIpc) is 2.03. The van der Waals surface area contributed by atoms with E-state index in [2.05, 4.69) is 6.58 Å². The highest BCUT2D eigenvalue weighted by Gasteiger charge is 2.10. The van der Waals surface area contributed by atoms with Crippen LogP contribution in [0.5, 0.6) is 0 Å². The third kappa shape index (κ3) is 2.02. The Bertz CT molecular complexity index is 366. The van der Waals surface area contributed by atoms with Crippen LogP contribution >= 0.6 is 0 Å². The van der Waals surface area contributed by atoms with E-state index < -0.39 is 0 Å². The van der Waals surface area contributed by atoms with Crippen LogP contribution in [0.2, 0.25) is 0 Å². The molecule has 0 N–H and O–H groups in total. The summed E-state index contributed by atoms with van der Waals surface area (Å²) in [6, 6.07) is 5.72. The van der Waals surface area contributed by atoms with Crippen molar-refractivity contribution in [3.8, 4) is 0 Å². The van der Waals surface area contributed by atoms with Crippen molar-refractivity contribution >= 4 is 11.3 Å². The second-order valence-corrected chi connectivity index (χ2v) is 3.28. The molecule has 0 saturated carbocycles. The van der Waals surface area contributed by atoms with E-state index in [1.165, 1.54) is 7.05 Å². The highest BCUT2D eigenvalue weighted by atomic mass is 16.3. The van der Waals surface area contributed by atoms with Crippen molar-refractivity contribution < 1.29 is 4.76 Å². The summed E-state index contributed by atoms with van der Waals surface area (Å²) in [5.41, 5.74) is 3.80. The molecule has 13 heavy (non-hydrogen) atoms. The van der Waals surface area contributed by atoms with Crippen LogP contribution in [0.3, 0.4) is 0 Å². The van der Waals surface area contributed by atoms with E-state index in [0.29, 0.717) is 5.69 Å². The van der Waals surface area contributed by atoms with Gasteiger partial charge in [-0.25, -0.2) is 0 Å². The van der Waals surface area contributed by atoms with Gasteiger partial charge in [-0.2, -0.15) is 0 Å². The molecule has 68 valence electrons. The van der Waals surface area contributed by atoms with Crippen molar-refractivity contribution in [2.45, 2.75) is 13.8 Å². The molecule has 0 aliphatic carbocycles. The molecule has 0 fully saturated rings. The van der Waals surface area contributed by atoms with Crippen molar-refractivity contribution in [1.82, 2.24) is 0 Å². The molecule has 0 spiro atoms. The number of hydrogen-bond acceptors (Lipinski definition) is 1. The summed E-state index contributed by atoms with van der Waals surface area (Å²) in [4.78, 5) is 11.0. The molecular formula is C11H14NO+. The summed E-state index contributed by atoms with van der Waals surface area (Å²) >= 11 is 0. The van der Waals surface area contributed by atoms with E-state index in [9.17, 15) is 4.91 Å². The van der Waals surface area contributed by atoms with Crippen molar-refractivity contribution in [1.29, 1.82) is 0 Å². The predicted molar refractivity (Wildman–Crippen MR) is 55.1 cm³/mol. The van der Waals surface area contributed by atoms with Gasteiger partial charge in [-0.15, -0.1) is 0 Å². The Morgan fingerprint density at radius 2 is 2.08 bits per heavy atom. The summed E-state index contributed by atoms with van der Waals surface area (Å²) in [7, 11) is 1.50. The Morgan fingerprint density at radius 3 is 2.46 bits per heavy atom. The molecule has 0 atom stereocenters. The van der Waals surface area contributed by atoms with Crippen LogP contribution in [0.4, 0.5) is 5.69 Å². The lowest BCUT2D eigenvalue weighted by molar-refractivity contribution is -0.428. The minimum Gasteiger partial charge on any atom is -0.0955 e. The van der Waals surface area contributed by atoms with E-state index >= 15 is 0 Å². The zero-order chi connectivity index (χ0) is 10.0. The average molecular weight is 176 g/mol. The van der Waals surface area contributed by atoms with Gasteiger partial charge in [0.15, 0.2) is 7.05 Å². The molecule has 1 rings (SSSR count). The zero-order valence-corrected chi connectivity index (χ0v) is 8.29. The van der Waals surface area contributed by atoms with E-state index in [1.54, 1.807) is 0 Å². The van der Waals surface area contributed by atoms with Gasteiger partial charge in [-0.1, -0.05) is 12.2 Å². The molecule has 1 aromatic rings. The van der Waals surface area contributed by atoms with Crippen LogP contribution in [-0.2, 0) is 0 Å². The first-order valence-electron chi connectivity index (χ1n) is 4.19. The molecule has 0 unspecified atom stereocenters. The summed E-state index contributed by atoms with van der Waals surface area (Å²) in [6.45, 7) is 7.73. The number of aryl methyl sites for hydroxylation is 1. The first-order valence-corrected chi connectivity index (χ1v) is 4.19. The molecular weight excluding hydrogens is 162 g/mol. The predicted octanol–water partition coefficient (Wildman–Crippen LogP) is 3.07. The number of benzene rings is 1. The Morgan fingerprint density at radius 1 is 1.46 bits per heavy atom. The smallest absolute Gasteiger partial charge is 0.0955 e. The summed E-state index contributed by atoms with van der Waals surface area (Å²) in [5, 5.41) is 0. The number of nitrogens with zero attached hydrogens (tertiary/aromatic N) is 1. The van der Waals surface area contributed by atoms with Crippen LogP contribution in [0.1, 0.15) is 18.1 Å². The largest absolute Gasteiger partial charge is 0.258 e. The lowest BCUT2D eigenvalue weighted by Crippen LogP contribution is -1.94. The maximum atomic E-state index is 11.0. The lowest BCUT2D eigenvalue weighted by Gasteiger charge is -2.00. The Labute approximate surface area is 78.5 Å². The third-order valence-corrected chi connectivity index (χ3v) is 2.03. The van der Waals surface area contributed by atoms with Crippen LogP contribution in [-0.4, -0.2) is 11.8 Å². The van der Waals surface area contributed by atoms with Gasteiger partial charge < -0.3 is 0 Å². The van der Waals surface area contributed by atoms with Crippen molar-refractivity contribution in [2.75, 3.05) is 7.05 Å². The second-order valence-electron chi connectivity index (χ2n) is 3.28. The minimum absolute atomic E-state index is 0.713. The fraction of sp³-hybridized carbons (Fsp3) is 0.273. The van der Waals surface area contributed by atoms with Crippen LogP contribution in [0, 0.1) is 11.8 Å². The second kappa shape index (κ2) is 3.52. The molecule has 0 bridgehead atoms. The number of hydrogen-bond donors (Lipinski definition) is 0. The monoisotopic (exact) mass is 176 g/mol. The Kier molecular flexibility index (Phi) is 2.61. The summed E-state index contributed by atoms with van der Waals surface area (Å²) in [5.74, 6) is 0. The van der Waals surface area contributed by atoms with Gasteiger partial charge >= 0.3 is 0 Å². The lowest BCUT2D eigenvalue weighted by atomic mass is 10.1. The van der Waals surface area contributed by atoms with Gasteiger partial charge in [0, 0.05) is 21.3 Å². The van der Waals surface area contributed by atoms with Crippen molar-refractivity contribution in [3.05, 3.63) is 40.8 Å². The maximum absolute atomic E-state index is 11.0. The quantitative estimate of drug-likeness (QED) is 0.634. The highest BCUT2D eigenvalue weighted by molar-refractivity contribution is 5.63. The number of nitroso groups, excluding NO2 is 1. The number of rotatable bonds is 2. The molecule has 0 saturated heterocycles. The van der Waals surface area contributed by atoms with Gasteiger partial charge in [0.1, 0.15) is 0 Å². The summed E-state index contributed by atoms with van der Waals surface area (Å²) in [6.07, 6.45) is 0. The van der Waals surface area contributed by atoms with Crippen molar-refractivity contribution in [2.24, 2.45) is 0 Å². The maximum Gasteiger partial charge on any atom is 0.258 e. The van der Waals surface area contributed by atoms with Gasteiger partial charge in [0.2, 0.25) is 0 Å². The molecule has 0 aliphatic rings. The molecule has 0 amide bonds. The fourth-order valence-electron chi connectivity index (χ4n) is 1.27. The van der Waals surface area contributed by atoms with Crippen LogP contribution in [0.15, 0.2) is 24.8 Å². The molecule has 2 heteroatoms. The first-order chi connectivity index (χ1) is 6.02. The third-order valence-electron chi connectivity index (χ3n) is 2.03. The standard InChI is InChI=1S/C11H14NO/c1-8(2)10-5-6-11(12(4)13)9(3)7-10/h5-7H,1H2,2-4H3/q+1. The molecule has 0 aromatic heterocycles. The van der Waals surface area contributed by atoms with Gasteiger partial charge in [0.25, 0.3) is 5.69 Å². The normalized spacial score (nSPS) is 9.77. The van der Waals surface area contributed by atoms with Crippen LogP contribution < -0.4 is 0 Å². The fourth-order valence-corrected chi connectivity index (χ4v) is 1.27. The summed E-state index contributed by atoms with van der Waals surface area (Å²) < 4.78 is 0.873. The van der Waals surface area contributed by atoms with E-state index in [-0.39, 0.29) is 0 Å². The topological polar surface area (TPSA) is 20.1 Å². The zero-order valence-electron chi connectivity index (χ0n) is 8.29. The number of allylic oxidation sites excluding steroid dienone is 1. The van der Waals surface area contributed by atoms with Crippen LogP contribution in [0.25, 0.3) is 5.57 Å². The minimum atomic E-state index is 0.713. The van der Waals surface area contributed by atoms with E-state index in [0.717, 1.165) is 21.5 Å². The molecule has 1 aromatic carbocycles. The SMILES string of the molecule is C=C(C)c1ccc([N+](C)=O)c(C)c1. The Balaban J connectivity index is 3.20. The highest BCUT2D eigenvalue weighted by Crippen LogP contribution is 2.21. The van der Waals surface area contributed by atoms with Crippen molar-refractivity contribution in [3.63, 3.8) is 0 Å². The van der Waals surface area contributed by atoms with Gasteiger partial charge in [-0.05, 0) is 31.5 Å². The molecule has 0 radical (unpaired) electrons. The molecule has 2 nitrogen and oxygen atoms in total. The van der Waals surface area contributed by atoms with Gasteiger partial charge in [-0.3, -0.25) is 0 Å². The first kappa shape index (κ1) is 9.65. The van der Waals surface area contributed by atoms with E-state index in [4.69, 9.17) is 0 Å². The Hall–Kier alpha value is -1.44. The van der Waals surface area contributed by atoms with Gasteiger partial charge in [0.05, 0.1) is 0 Å². The molecule has 0 heterocycles. The molecule has 0 aliphatic heterocycles. The van der Waals surface area contributed by atoms with E-state index in [1.807, 2.05) is 32.0 Å².